The van der Waals surface area contributed by atoms with E-state index < -0.39 is 0 Å². The van der Waals surface area contributed by atoms with E-state index in [-0.39, 0.29) is 16.0 Å². The van der Waals surface area contributed by atoms with Crippen molar-refractivity contribution in [3.63, 3.8) is 0 Å². The van der Waals surface area contributed by atoms with Gasteiger partial charge in [0.05, 0.1) is 17.2 Å². The van der Waals surface area contributed by atoms with Crippen LogP contribution in [-0.2, 0) is 0 Å². The van der Waals surface area contributed by atoms with Crippen molar-refractivity contribution < 1.29 is 9.53 Å². The number of nitrogens with one attached hydrogen (secondary N) is 1. The molecule has 0 aliphatic carbocycles. The van der Waals surface area contributed by atoms with Crippen LogP contribution >= 0.6 is 46.3 Å². The number of hydrogen-bond donors (Lipinski definition) is 1. The first-order valence-corrected chi connectivity index (χ1v) is 9.41. The zero-order valence-electron chi connectivity index (χ0n) is 12.6. The quantitative estimate of drug-likeness (QED) is 0.408. The molecule has 0 fully saturated rings. The number of nitrogens with zero attached hydrogens (tertiary/aromatic N) is 2. The first-order chi connectivity index (χ1) is 11.0. The lowest BCUT2D eigenvalue weighted by atomic mass is 10.2. The maximum Gasteiger partial charge on any atom is 0.257 e. The summed E-state index contributed by atoms with van der Waals surface area (Å²) in [6.07, 6.45) is 2.25. The Balaban J connectivity index is 2.04. The molecule has 9 heteroatoms. The van der Waals surface area contributed by atoms with Crippen molar-refractivity contribution in [1.82, 2.24) is 10.2 Å². The van der Waals surface area contributed by atoms with E-state index in [2.05, 4.69) is 22.4 Å². The molecule has 0 atom stereocenters. The molecule has 1 aromatic carbocycles. The summed E-state index contributed by atoms with van der Waals surface area (Å²) in [7, 11) is 1.46. The monoisotopic (exact) mass is 391 g/mol. The van der Waals surface area contributed by atoms with E-state index in [1.165, 1.54) is 30.6 Å². The van der Waals surface area contributed by atoms with Crippen LogP contribution in [0.15, 0.2) is 16.5 Å². The van der Waals surface area contributed by atoms with Gasteiger partial charge in [-0.15, -0.1) is 10.2 Å². The van der Waals surface area contributed by atoms with Crippen molar-refractivity contribution in [2.75, 3.05) is 18.2 Å². The predicted octanol–water partition coefficient (Wildman–Crippen LogP) is 5.00. The topological polar surface area (TPSA) is 64.1 Å². The highest BCUT2D eigenvalue weighted by Crippen LogP contribution is 2.34. The van der Waals surface area contributed by atoms with E-state index in [1.54, 1.807) is 11.8 Å². The molecule has 1 aromatic heterocycles. The van der Waals surface area contributed by atoms with Crippen molar-refractivity contribution in [3.8, 4) is 5.75 Å². The van der Waals surface area contributed by atoms with Crippen LogP contribution in [0.3, 0.4) is 0 Å². The number of thioether (sulfide) groups is 1. The van der Waals surface area contributed by atoms with E-state index in [0.29, 0.717) is 16.4 Å². The normalized spacial score (nSPS) is 10.6. The van der Waals surface area contributed by atoms with Gasteiger partial charge in [-0.1, -0.05) is 59.6 Å². The number of benzene rings is 1. The molecule has 0 saturated carbocycles. The third-order valence-electron chi connectivity index (χ3n) is 2.81. The Morgan fingerprint density at radius 1 is 1.35 bits per heavy atom. The largest absolute Gasteiger partial charge is 0.494 e. The highest BCUT2D eigenvalue weighted by Gasteiger charge is 2.15. The van der Waals surface area contributed by atoms with Gasteiger partial charge in [0, 0.05) is 11.3 Å². The summed E-state index contributed by atoms with van der Waals surface area (Å²) in [6.45, 7) is 2.14. The third kappa shape index (κ3) is 4.97. The van der Waals surface area contributed by atoms with E-state index in [0.717, 1.165) is 22.9 Å². The molecule has 0 radical (unpaired) electrons. The number of carbonyl (C=O) groups is 1. The Morgan fingerprint density at radius 3 is 2.65 bits per heavy atom. The van der Waals surface area contributed by atoms with E-state index in [4.69, 9.17) is 27.9 Å². The Bertz CT molecular complexity index is 671. The van der Waals surface area contributed by atoms with Crippen LogP contribution in [0.2, 0.25) is 10.0 Å². The van der Waals surface area contributed by atoms with Crippen molar-refractivity contribution in [2.45, 2.75) is 24.1 Å². The van der Waals surface area contributed by atoms with Crippen molar-refractivity contribution in [2.24, 2.45) is 0 Å². The Labute approximate surface area is 152 Å². The maximum atomic E-state index is 12.3. The second-order valence-electron chi connectivity index (χ2n) is 4.50. The number of rotatable bonds is 7. The van der Waals surface area contributed by atoms with Gasteiger partial charge in [-0.25, -0.2) is 0 Å². The van der Waals surface area contributed by atoms with Crippen molar-refractivity contribution in [3.05, 3.63) is 27.7 Å². The Hall–Kier alpha value is -1.02. The minimum Gasteiger partial charge on any atom is -0.494 e. The fourth-order valence-electron chi connectivity index (χ4n) is 1.68. The highest BCUT2D eigenvalue weighted by molar-refractivity contribution is 8.01. The van der Waals surface area contributed by atoms with Crippen LogP contribution < -0.4 is 10.1 Å². The van der Waals surface area contributed by atoms with Gasteiger partial charge >= 0.3 is 0 Å². The molecule has 1 N–H and O–H groups in total. The number of aromatic nitrogens is 2. The van der Waals surface area contributed by atoms with Crippen molar-refractivity contribution >= 4 is 57.3 Å². The van der Waals surface area contributed by atoms with E-state index in [1.807, 2.05) is 0 Å². The molecular formula is C14H15Cl2N3O2S2. The summed E-state index contributed by atoms with van der Waals surface area (Å²) in [5, 5.41) is 11.7. The lowest BCUT2D eigenvalue weighted by molar-refractivity contribution is 0.102. The SMILES string of the molecule is CCCCSc1nnc(NC(=O)c2cc(Cl)c(OC)c(Cl)c2)s1. The average Bonchev–Trinajstić information content (AvgIpc) is 2.94. The highest BCUT2D eigenvalue weighted by atomic mass is 35.5. The van der Waals surface area contributed by atoms with Gasteiger partial charge in [0.25, 0.3) is 5.91 Å². The molecule has 2 aromatic rings. The Morgan fingerprint density at radius 2 is 2.04 bits per heavy atom. The van der Waals surface area contributed by atoms with Gasteiger partial charge < -0.3 is 4.74 Å². The molecule has 0 unspecified atom stereocenters. The Kier molecular flexibility index (Phi) is 6.95. The van der Waals surface area contributed by atoms with Gasteiger partial charge in [0.15, 0.2) is 10.1 Å². The number of ether oxygens (including phenoxy) is 1. The fourth-order valence-corrected chi connectivity index (χ4v) is 4.22. The number of unbranched alkanes of at least 4 members (excludes halogenated alkanes) is 1. The maximum absolute atomic E-state index is 12.3. The lowest BCUT2D eigenvalue weighted by Crippen LogP contribution is -2.12. The number of amides is 1. The molecule has 1 amide bonds. The van der Waals surface area contributed by atoms with Crippen LogP contribution in [0, 0.1) is 0 Å². The number of carbonyl (C=O) groups excluding carboxylic acids is 1. The molecule has 0 saturated heterocycles. The van der Waals surface area contributed by atoms with Gasteiger partial charge in [-0.2, -0.15) is 0 Å². The van der Waals surface area contributed by atoms with E-state index in [9.17, 15) is 4.79 Å². The van der Waals surface area contributed by atoms with Gasteiger partial charge in [-0.3, -0.25) is 10.1 Å². The lowest BCUT2D eigenvalue weighted by Gasteiger charge is -2.08. The van der Waals surface area contributed by atoms with Gasteiger partial charge in [-0.05, 0) is 18.6 Å². The second-order valence-corrected chi connectivity index (χ2v) is 7.64. The summed E-state index contributed by atoms with van der Waals surface area (Å²) in [5.41, 5.74) is 0.330. The molecular weight excluding hydrogens is 377 g/mol. The fraction of sp³-hybridized carbons (Fsp3) is 0.357. The van der Waals surface area contributed by atoms with Crippen LogP contribution in [0.5, 0.6) is 5.75 Å². The molecule has 0 aliphatic rings. The molecule has 0 aliphatic heterocycles. The van der Waals surface area contributed by atoms with Gasteiger partial charge in [0.2, 0.25) is 5.13 Å². The van der Waals surface area contributed by atoms with Crippen LogP contribution in [-0.4, -0.2) is 29.0 Å². The van der Waals surface area contributed by atoms with Crippen molar-refractivity contribution in [1.29, 1.82) is 0 Å². The number of hydrogen-bond acceptors (Lipinski definition) is 6. The zero-order chi connectivity index (χ0) is 16.8. The number of methoxy groups -OCH3 is 1. The second kappa shape index (κ2) is 8.73. The summed E-state index contributed by atoms with van der Waals surface area (Å²) in [5.74, 6) is 0.982. The summed E-state index contributed by atoms with van der Waals surface area (Å²) >= 11 is 15.1. The molecule has 0 spiro atoms. The van der Waals surface area contributed by atoms with Gasteiger partial charge in [0.1, 0.15) is 0 Å². The number of anilines is 1. The molecule has 124 valence electrons. The minimum atomic E-state index is -0.349. The van der Waals surface area contributed by atoms with Crippen LogP contribution in [0.4, 0.5) is 5.13 Å². The standard InChI is InChI=1S/C14H15Cl2N3O2S2/c1-3-4-5-22-14-19-18-13(23-14)17-12(20)8-6-9(15)11(21-2)10(16)7-8/h6-7H,3-5H2,1-2H3,(H,17,18,20). The molecule has 2 rings (SSSR count). The minimum absolute atomic E-state index is 0.276. The van der Waals surface area contributed by atoms with Crippen LogP contribution in [0.25, 0.3) is 0 Å². The first-order valence-electron chi connectivity index (χ1n) is 6.85. The van der Waals surface area contributed by atoms with E-state index >= 15 is 0 Å². The molecule has 5 nitrogen and oxygen atoms in total. The third-order valence-corrected chi connectivity index (χ3v) is 5.43. The number of halogens is 2. The smallest absolute Gasteiger partial charge is 0.257 e. The first kappa shape index (κ1) is 18.3. The molecule has 23 heavy (non-hydrogen) atoms. The predicted molar refractivity (Wildman–Crippen MR) is 96.5 cm³/mol. The zero-order valence-corrected chi connectivity index (χ0v) is 15.7. The summed E-state index contributed by atoms with van der Waals surface area (Å²) < 4.78 is 5.89. The average molecular weight is 392 g/mol. The summed E-state index contributed by atoms with van der Waals surface area (Å²) in [4.78, 5) is 12.3. The molecule has 0 bridgehead atoms. The summed E-state index contributed by atoms with van der Waals surface area (Å²) in [6, 6.07) is 3.00. The molecule has 1 heterocycles. The van der Waals surface area contributed by atoms with Crippen LogP contribution in [0.1, 0.15) is 30.1 Å².